The molecule has 4 N–H and O–H groups in total. The number of alkyl carbamates (subject to hydrolysis) is 2. The van der Waals surface area contributed by atoms with Gasteiger partial charge in [0.1, 0.15) is 29.5 Å². The predicted octanol–water partition coefficient (Wildman–Crippen LogP) is 6.69. The van der Waals surface area contributed by atoms with E-state index in [0.29, 0.717) is 30.9 Å². The number of methoxy groups -OCH3 is 2. The van der Waals surface area contributed by atoms with Crippen molar-refractivity contribution < 1.29 is 33.0 Å². The number of fused-ring (bicyclic) bond motifs is 1. The van der Waals surface area contributed by atoms with Gasteiger partial charge in [-0.2, -0.15) is 0 Å². The first-order chi connectivity index (χ1) is 28.9. The van der Waals surface area contributed by atoms with Gasteiger partial charge in [-0.15, -0.1) is 0 Å². The number of carbonyl (C=O) groups excluding carboxylic acids is 4. The van der Waals surface area contributed by atoms with E-state index in [0.717, 1.165) is 64.9 Å². The summed E-state index contributed by atoms with van der Waals surface area (Å²) in [5.41, 5.74) is 5.44. The monoisotopic (exact) mass is 814 g/mol. The molecule has 1 spiro atoms. The predicted molar refractivity (Wildman–Crippen MR) is 219 cm³/mol. The quantitative estimate of drug-likeness (QED) is 0.119. The highest BCUT2D eigenvalue weighted by Crippen LogP contribution is 2.58. The number of aromatic amines is 2. The number of hydrogen-bond donors (Lipinski definition) is 4. The van der Waals surface area contributed by atoms with Crippen LogP contribution in [0.5, 0.6) is 0 Å². The highest BCUT2D eigenvalue weighted by Gasteiger charge is 2.55. The lowest BCUT2D eigenvalue weighted by atomic mass is 10.0. The molecule has 1 saturated carbocycles. The molecule has 15 heteroatoms. The summed E-state index contributed by atoms with van der Waals surface area (Å²) in [5.74, 6) is 6.82. The fourth-order valence-electron chi connectivity index (χ4n) is 8.34. The van der Waals surface area contributed by atoms with Crippen LogP contribution in [-0.2, 0) is 19.1 Å². The molecule has 2 aliphatic heterocycles. The number of aromatic nitrogens is 4. The summed E-state index contributed by atoms with van der Waals surface area (Å²) in [6.07, 6.45) is 4.72. The van der Waals surface area contributed by atoms with Crippen LogP contribution in [0.15, 0.2) is 72.9 Å². The van der Waals surface area contributed by atoms with E-state index in [1.807, 2.05) is 61.2 Å². The Bertz CT molecular complexity index is 2480. The molecular formula is C45H47FN8O6. The Kier molecular flexibility index (Phi) is 11.0. The van der Waals surface area contributed by atoms with Crippen LogP contribution in [0, 0.1) is 29.0 Å². The van der Waals surface area contributed by atoms with Crippen LogP contribution in [0.4, 0.5) is 14.0 Å². The molecule has 14 nitrogen and oxygen atoms in total. The fraction of sp³-hybridized carbons (Fsp3) is 0.378. The third kappa shape index (κ3) is 8.27. The second-order valence-corrected chi connectivity index (χ2v) is 16.2. The number of H-pyrrole nitrogens is 2. The van der Waals surface area contributed by atoms with Crippen LogP contribution in [0.25, 0.3) is 22.3 Å². The normalized spacial score (nSPS) is 18.8. The Hall–Kier alpha value is -6.69. The zero-order valence-electron chi connectivity index (χ0n) is 33.9. The van der Waals surface area contributed by atoms with E-state index in [1.54, 1.807) is 11.1 Å². The van der Waals surface area contributed by atoms with E-state index in [-0.39, 0.29) is 35.2 Å². The van der Waals surface area contributed by atoms with Crippen molar-refractivity contribution in [3.63, 3.8) is 0 Å². The Morgan fingerprint density at radius 1 is 0.850 bits per heavy atom. The van der Waals surface area contributed by atoms with Crippen molar-refractivity contribution in [2.75, 3.05) is 27.3 Å². The van der Waals surface area contributed by atoms with Gasteiger partial charge in [0.2, 0.25) is 5.91 Å². The molecular weight excluding hydrogens is 768 g/mol. The summed E-state index contributed by atoms with van der Waals surface area (Å²) >= 11 is 0. The second-order valence-electron chi connectivity index (χ2n) is 16.2. The molecule has 5 aromatic rings. The molecule has 2 saturated heterocycles. The molecule has 3 aromatic carbocycles. The molecule has 4 atom stereocenters. The third-order valence-electron chi connectivity index (χ3n) is 11.8. The summed E-state index contributed by atoms with van der Waals surface area (Å²) in [7, 11) is 2.51. The molecule has 8 rings (SSSR count). The van der Waals surface area contributed by atoms with E-state index < -0.39 is 30.1 Å². The molecule has 4 amide bonds. The lowest BCUT2D eigenvalue weighted by molar-refractivity contribution is -0.136. The summed E-state index contributed by atoms with van der Waals surface area (Å²) in [4.78, 5) is 72.0. The molecule has 3 fully saturated rings. The van der Waals surface area contributed by atoms with Gasteiger partial charge in [-0.1, -0.05) is 50.0 Å². The van der Waals surface area contributed by atoms with Crippen molar-refractivity contribution in [2.24, 2.45) is 11.3 Å². The average molecular weight is 815 g/mol. The third-order valence-corrected chi connectivity index (χ3v) is 11.8. The van der Waals surface area contributed by atoms with Crippen molar-refractivity contribution in [1.82, 2.24) is 40.4 Å². The zero-order chi connectivity index (χ0) is 42.1. The topological polar surface area (TPSA) is 175 Å². The molecule has 1 aliphatic carbocycles. The summed E-state index contributed by atoms with van der Waals surface area (Å²) in [6, 6.07) is 16.7. The van der Waals surface area contributed by atoms with Gasteiger partial charge in [-0.25, -0.2) is 23.9 Å². The number of rotatable bonds is 9. The van der Waals surface area contributed by atoms with Crippen molar-refractivity contribution in [3.8, 4) is 23.1 Å². The highest BCUT2D eigenvalue weighted by molar-refractivity contribution is 5.88. The average Bonchev–Trinajstić information content (AvgIpc) is 3.74. The Morgan fingerprint density at radius 3 is 2.25 bits per heavy atom. The molecule has 0 radical (unpaired) electrons. The minimum Gasteiger partial charge on any atom is -0.453 e. The van der Waals surface area contributed by atoms with Gasteiger partial charge >= 0.3 is 12.2 Å². The van der Waals surface area contributed by atoms with Crippen LogP contribution < -0.4 is 10.6 Å². The maximum Gasteiger partial charge on any atom is 0.407 e. The Morgan fingerprint density at radius 2 is 1.55 bits per heavy atom. The smallest absolute Gasteiger partial charge is 0.407 e. The van der Waals surface area contributed by atoms with Gasteiger partial charge < -0.3 is 39.9 Å². The van der Waals surface area contributed by atoms with Crippen molar-refractivity contribution >= 4 is 35.0 Å². The Labute approximate surface area is 346 Å². The molecule has 4 heterocycles. The number of ether oxygens (including phenoxy) is 2. The Balaban J connectivity index is 0.949. The van der Waals surface area contributed by atoms with Crippen LogP contribution in [0.2, 0.25) is 0 Å². The highest BCUT2D eigenvalue weighted by atomic mass is 19.1. The van der Waals surface area contributed by atoms with Crippen LogP contribution in [-0.4, -0.2) is 87.1 Å². The SMILES string of the molecule is COC(=O)N[C@H](C(=O)N1CC2(CC2)C[C@H]1c1nc2ccc(C#Cc3ccc(-c4cnc([C@@H]5CCCN5C(=O)[C@H](NC(=O)OC)c5ccc(F)cc5)[nH]4)cc3)cc2[nH]1)C(C)C. The minimum atomic E-state index is -1.06. The van der Waals surface area contributed by atoms with Gasteiger partial charge in [0.25, 0.3) is 5.91 Å². The number of benzene rings is 3. The first-order valence-electron chi connectivity index (χ1n) is 20.2. The van der Waals surface area contributed by atoms with Gasteiger partial charge in [0, 0.05) is 24.2 Å². The van der Waals surface area contributed by atoms with E-state index in [2.05, 4.69) is 37.4 Å². The van der Waals surface area contributed by atoms with Gasteiger partial charge in [-0.3, -0.25) is 9.59 Å². The number of likely N-dealkylation sites (tertiary alicyclic amines) is 2. The summed E-state index contributed by atoms with van der Waals surface area (Å²) < 4.78 is 23.3. The molecule has 0 bridgehead atoms. The van der Waals surface area contributed by atoms with Crippen LogP contribution in [0.1, 0.15) is 92.4 Å². The number of nitrogens with zero attached hydrogens (tertiary/aromatic N) is 4. The number of amides is 4. The van der Waals surface area contributed by atoms with Crippen molar-refractivity contribution in [3.05, 3.63) is 107 Å². The first-order valence-corrected chi connectivity index (χ1v) is 20.2. The summed E-state index contributed by atoms with van der Waals surface area (Å²) in [6.45, 7) is 4.92. The largest absolute Gasteiger partial charge is 0.453 e. The molecule has 60 heavy (non-hydrogen) atoms. The minimum absolute atomic E-state index is 0.0957. The fourth-order valence-corrected chi connectivity index (χ4v) is 8.34. The first kappa shape index (κ1) is 40.1. The van der Waals surface area contributed by atoms with Gasteiger partial charge in [0.15, 0.2) is 0 Å². The van der Waals surface area contributed by atoms with E-state index >= 15 is 0 Å². The second kappa shape index (κ2) is 16.5. The van der Waals surface area contributed by atoms with Crippen LogP contribution >= 0.6 is 0 Å². The maximum absolute atomic E-state index is 13.9. The molecule has 2 aromatic heterocycles. The number of nitrogens with one attached hydrogen (secondary N) is 4. The van der Waals surface area contributed by atoms with E-state index in [1.165, 1.54) is 38.5 Å². The molecule has 3 aliphatic rings. The lowest BCUT2D eigenvalue weighted by Gasteiger charge is -2.30. The van der Waals surface area contributed by atoms with Gasteiger partial charge in [-0.05, 0) is 97.0 Å². The van der Waals surface area contributed by atoms with Crippen molar-refractivity contribution in [2.45, 2.75) is 70.1 Å². The van der Waals surface area contributed by atoms with Crippen LogP contribution in [0.3, 0.4) is 0 Å². The van der Waals surface area contributed by atoms with Gasteiger partial charge in [0.05, 0.1) is 49.2 Å². The number of halogens is 1. The standard InChI is InChI=1S/C45H47FN8O6/c1-26(2)37(51-43(57)59-3)41(55)54-25-45(19-20-45)23-36(54)40-48-32-18-11-28(22-33(32)49-40)8-7-27-9-12-29(13-10-27)34-24-47-39(50-34)35-6-5-21-53(35)42(56)38(52-44(58)60-4)30-14-16-31(46)17-15-30/h9-18,22,24,26,35-38H,5-6,19-21,23,25H2,1-4H3,(H,47,50)(H,48,49)(H,51,57)(H,52,58)/t35-,36-,37-,38+/m0/s1. The van der Waals surface area contributed by atoms with E-state index in [4.69, 9.17) is 14.5 Å². The number of imidazole rings is 2. The molecule has 310 valence electrons. The van der Waals surface area contributed by atoms with E-state index in [9.17, 15) is 23.6 Å². The summed E-state index contributed by atoms with van der Waals surface area (Å²) in [5, 5.41) is 5.33. The lowest BCUT2D eigenvalue weighted by Crippen LogP contribution is -2.51. The molecule has 0 unspecified atom stereocenters. The zero-order valence-corrected chi connectivity index (χ0v) is 33.9. The number of carbonyl (C=O) groups is 4. The number of hydrogen-bond acceptors (Lipinski definition) is 8. The van der Waals surface area contributed by atoms with Crippen molar-refractivity contribution in [1.29, 1.82) is 0 Å². The maximum atomic E-state index is 13.9.